The molecule has 0 aliphatic heterocycles. The van der Waals surface area contributed by atoms with Crippen molar-refractivity contribution in [3.05, 3.63) is 65.1 Å². The van der Waals surface area contributed by atoms with E-state index < -0.39 is 5.91 Å². The maximum Gasteiger partial charge on any atom is 0.309 e. The van der Waals surface area contributed by atoms with Crippen molar-refractivity contribution in [3.8, 4) is 5.75 Å². The quantitative estimate of drug-likeness (QED) is 0.485. The molecule has 0 saturated carbocycles. The molecule has 0 unspecified atom stereocenters. The SMILES string of the molecule is COc1ccc(NNc2ccc(/C=C/C(=O)N=O)cc2)cc1. The van der Waals surface area contributed by atoms with Crippen LogP contribution in [0.5, 0.6) is 5.75 Å². The molecule has 22 heavy (non-hydrogen) atoms. The lowest BCUT2D eigenvalue weighted by Gasteiger charge is -2.10. The third-order valence-corrected chi connectivity index (χ3v) is 2.86. The number of hydrogen-bond acceptors (Lipinski definition) is 5. The summed E-state index contributed by atoms with van der Waals surface area (Å²) < 4.78 is 5.09. The molecule has 2 rings (SSSR count). The Morgan fingerprint density at radius 3 is 2.05 bits per heavy atom. The Kier molecular flexibility index (Phi) is 5.25. The van der Waals surface area contributed by atoms with E-state index >= 15 is 0 Å². The lowest BCUT2D eigenvalue weighted by atomic mass is 10.2. The zero-order chi connectivity index (χ0) is 15.8. The van der Waals surface area contributed by atoms with Gasteiger partial charge in [-0.3, -0.25) is 4.79 Å². The topological polar surface area (TPSA) is 79.8 Å². The number of hydrazine groups is 1. The number of ether oxygens (including phenoxy) is 1. The molecule has 0 spiro atoms. The van der Waals surface area contributed by atoms with Gasteiger partial charge in [0.05, 0.1) is 18.5 Å². The minimum atomic E-state index is -0.802. The van der Waals surface area contributed by atoms with Crippen LogP contribution in [-0.2, 0) is 4.79 Å². The number of carbonyl (C=O) groups excluding carboxylic acids is 1. The highest BCUT2D eigenvalue weighted by atomic mass is 16.5. The Bertz CT molecular complexity index is 664. The molecular weight excluding hydrogens is 282 g/mol. The molecule has 0 aliphatic carbocycles. The van der Waals surface area contributed by atoms with E-state index in [1.54, 1.807) is 7.11 Å². The van der Waals surface area contributed by atoms with E-state index in [1.165, 1.54) is 6.08 Å². The highest BCUT2D eigenvalue weighted by Crippen LogP contribution is 2.16. The van der Waals surface area contributed by atoms with Gasteiger partial charge in [0.1, 0.15) is 5.75 Å². The van der Waals surface area contributed by atoms with Gasteiger partial charge in [0.2, 0.25) is 0 Å². The zero-order valence-corrected chi connectivity index (χ0v) is 11.9. The summed E-state index contributed by atoms with van der Waals surface area (Å²) in [5, 5.41) is 2.29. The number of carbonyl (C=O) groups is 1. The molecule has 0 aliphatic rings. The third-order valence-electron chi connectivity index (χ3n) is 2.86. The van der Waals surface area contributed by atoms with Crippen LogP contribution in [0.1, 0.15) is 5.56 Å². The first-order chi connectivity index (χ1) is 10.7. The molecule has 0 aromatic heterocycles. The van der Waals surface area contributed by atoms with Crippen molar-refractivity contribution in [2.75, 3.05) is 18.0 Å². The van der Waals surface area contributed by atoms with Crippen molar-refractivity contribution < 1.29 is 9.53 Å². The van der Waals surface area contributed by atoms with Gasteiger partial charge in [0, 0.05) is 11.3 Å². The van der Waals surface area contributed by atoms with Gasteiger partial charge in [0.15, 0.2) is 0 Å². The van der Waals surface area contributed by atoms with Crippen LogP contribution in [-0.4, -0.2) is 13.0 Å². The van der Waals surface area contributed by atoms with Crippen LogP contribution in [0, 0.1) is 4.91 Å². The first kappa shape index (κ1) is 15.2. The first-order valence-corrected chi connectivity index (χ1v) is 6.53. The van der Waals surface area contributed by atoms with Gasteiger partial charge in [-0.05, 0) is 48.0 Å². The van der Waals surface area contributed by atoms with E-state index in [4.69, 9.17) is 4.74 Å². The maximum atomic E-state index is 10.8. The molecule has 112 valence electrons. The second kappa shape index (κ2) is 7.58. The van der Waals surface area contributed by atoms with Crippen molar-refractivity contribution in [1.82, 2.24) is 0 Å². The lowest BCUT2D eigenvalue weighted by Crippen LogP contribution is -2.08. The predicted molar refractivity (Wildman–Crippen MR) is 86.5 cm³/mol. The molecule has 0 heterocycles. The van der Waals surface area contributed by atoms with Gasteiger partial charge in [0.25, 0.3) is 0 Å². The molecule has 0 saturated heterocycles. The molecule has 0 radical (unpaired) electrons. The molecule has 2 aromatic rings. The van der Waals surface area contributed by atoms with E-state index in [-0.39, 0.29) is 0 Å². The molecular formula is C16H15N3O3. The molecule has 0 fully saturated rings. The van der Waals surface area contributed by atoms with Crippen molar-refractivity contribution >= 4 is 23.4 Å². The summed E-state index contributed by atoms with van der Waals surface area (Å²) in [4.78, 5) is 20.7. The van der Waals surface area contributed by atoms with Crippen molar-refractivity contribution in [3.63, 3.8) is 0 Å². The van der Waals surface area contributed by atoms with Crippen LogP contribution in [0.3, 0.4) is 0 Å². The van der Waals surface area contributed by atoms with Crippen LogP contribution in [0.25, 0.3) is 6.08 Å². The maximum absolute atomic E-state index is 10.8. The number of nitrogens with one attached hydrogen (secondary N) is 2. The van der Waals surface area contributed by atoms with E-state index in [0.29, 0.717) is 0 Å². The molecule has 2 N–H and O–H groups in total. The van der Waals surface area contributed by atoms with Crippen LogP contribution >= 0.6 is 0 Å². The summed E-state index contributed by atoms with van der Waals surface area (Å²) in [5.74, 6) is -0.00979. The minimum absolute atomic E-state index is 0.793. The fourth-order valence-electron chi connectivity index (χ4n) is 1.69. The van der Waals surface area contributed by atoms with Crippen LogP contribution < -0.4 is 15.6 Å². The fraction of sp³-hybridized carbons (Fsp3) is 0.0625. The second-order valence-corrected chi connectivity index (χ2v) is 4.36. The summed E-state index contributed by atoms with van der Waals surface area (Å²) in [6.07, 6.45) is 2.66. The molecule has 6 nitrogen and oxygen atoms in total. The Balaban J connectivity index is 1.91. The van der Waals surface area contributed by atoms with Gasteiger partial charge in [-0.1, -0.05) is 12.1 Å². The molecule has 0 atom stereocenters. The third kappa shape index (κ3) is 4.45. The lowest BCUT2D eigenvalue weighted by molar-refractivity contribution is -0.113. The summed E-state index contributed by atoms with van der Waals surface area (Å²) >= 11 is 0. The summed E-state index contributed by atoms with van der Waals surface area (Å²) in [7, 11) is 1.62. The van der Waals surface area contributed by atoms with Gasteiger partial charge in [-0.2, -0.15) is 0 Å². The fourth-order valence-corrected chi connectivity index (χ4v) is 1.69. The summed E-state index contributed by atoms with van der Waals surface area (Å²) in [6.45, 7) is 0. The van der Waals surface area contributed by atoms with Crippen molar-refractivity contribution in [2.24, 2.45) is 5.18 Å². The van der Waals surface area contributed by atoms with E-state index in [1.807, 2.05) is 48.5 Å². The number of rotatable bonds is 6. The Labute approximate surface area is 127 Å². The van der Waals surface area contributed by atoms with Crippen molar-refractivity contribution in [1.29, 1.82) is 0 Å². The van der Waals surface area contributed by atoms with Gasteiger partial charge >= 0.3 is 5.91 Å². The van der Waals surface area contributed by atoms with E-state index in [2.05, 4.69) is 16.0 Å². The number of nitroso groups, excluding NO2 is 1. The average molecular weight is 297 g/mol. The number of amides is 1. The van der Waals surface area contributed by atoms with E-state index in [9.17, 15) is 9.70 Å². The average Bonchev–Trinajstić information content (AvgIpc) is 2.59. The number of anilines is 2. The summed E-state index contributed by atoms with van der Waals surface area (Å²) in [5.41, 5.74) is 8.66. The Hall–Kier alpha value is -3.15. The number of hydrogen-bond donors (Lipinski definition) is 2. The number of methoxy groups -OCH3 is 1. The normalized spacial score (nSPS) is 10.2. The second-order valence-electron chi connectivity index (χ2n) is 4.36. The highest BCUT2D eigenvalue weighted by molar-refractivity contribution is 5.92. The molecule has 2 aromatic carbocycles. The van der Waals surface area contributed by atoms with E-state index in [0.717, 1.165) is 28.8 Å². The first-order valence-electron chi connectivity index (χ1n) is 6.53. The van der Waals surface area contributed by atoms with Gasteiger partial charge < -0.3 is 15.6 Å². The van der Waals surface area contributed by atoms with Crippen LogP contribution in [0.15, 0.2) is 59.8 Å². The smallest absolute Gasteiger partial charge is 0.309 e. The standard InChI is InChI=1S/C16H15N3O3/c1-22-15-9-7-14(8-10-15)18-17-13-5-2-12(3-6-13)4-11-16(20)19-21/h2-11,17-18H,1H3/b11-4+. The van der Waals surface area contributed by atoms with Crippen LogP contribution in [0.4, 0.5) is 11.4 Å². The zero-order valence-electron chi connectivity index (χ0n) is 11.9. The largest absolute Gasteiger partial charge is 0.497 e. The minimum Gasteiger partial charge on any atom is -0.497 e. The Morgan fingerprint density at radius 1 is 1.00 bits per heavy atom. The van der Waals surface area contributed by atoms with Crippen LogP contribution in [0.2, 0.25) is 0 Å². The molecule has 1 amide bonds. The monoisotopic (exact) mass is 297 g/mol. The number of benzene rings is 2. The highest BCUT2D eigenvalue weighted by Gasteiger charge is 1.96. The molecule has 0 bridgehead atoms. The van der Waals surface area contributed by atoms with Gasteiger partial charge in [-0.15, -0.1) is 4.91 Å². The molecule has 6 heteroatoms. The van der Waals surface area contributed by atoms with Crippen molar-refractivity contribution in [2.45, 2.75) is 0 Å². The number of nitrogens with zero attached hydrogens (tertiary/aromatic N) is 1. The predicted octanol–water partition coefficient (Wildman–Crippen LogP) is 3.44. The summed E-state index contributed by atoms with van der Waals surface area (Å²) in [6, 6.07) is 14.8. The Morgan fingerprint density at radius 2 is 1.55 bits per heavy atom. The van der Waals surface area contributed by atoms with Gasteiger partial charge in [-0.25, -0.2) is 0 Å².